The smallest absolute Gasteiger partial charge is 0.336 e. The third kappa shape index (κ3) is 5.60. The molecule has 0 fully saturated rings. The van der Waals surface area contributed by atoms with Gasteiger partial charge in [0.05, 0.1) is 48.3 Å². The van der Waals surface area contributed by atoms with Gasteiger partial charge in [0.1, 0.15) is 5.75 Å². The van der Waals surface area contributed by atoms with Crippen molar-refractivity contribution in [3.05, 3.63) is 88.4 Å². The van der Waals surface area contributed by atoms with Crippen LogP contribution < -0.4 is 10.1 Å². The molecular weight excluding hydrogens is 494 g/mol. The fourth-order valence-corrected chi connectivity index (χ4v) is 4.91. The van der Waals surface area contributed by atoms with Gasteiger partial charge in [0.15, 0.2) is 0 Å². The molecule has 0 atom stereocenters. The van der Waals surface area contributed by atoms with Gasteiger partial charge >= 0.3 is 11.9 Å². The standard InChI is InChI=1S/C31H35N3O5/c1-7-37-25-16-15-22(17-19(25)4)29-24(18-34(33-29)23-13-11-10-12-14-23)28-26(30(35)38-8-2)20(5)32-21(6)27(28)31(36)39-9-3/h10-18,28,32H,7-9H2,1-6H3. The maximum atomic E-state index is 13.4. The topological polar surface area (TPSA) is 91.7 Å². The fraction of sp³-hybridized carbons (Fsp3) is 0.323. The minimum absolute atomic E-state index is 0.202. The second-order valence-electron chi connectivity index (χ2n) is 9.20. The molecule has 1 N–H and O–H groups in total. The van der Waals surface area contributed by atoms with E-state index < -0.39 is 17.9 Å². The second kappa shape index (κ2) is 12.0. The summed E-state index contributed by atoms with van der Waals surface area (Å²) in [7, 11) is 0. The molecule has 3 aromatic rings. The number of dihydropyridines is 1. The van der Waals surface area contributed by atoms with Crippen LogP contribution in [0.3, 0.4) is 0 Å². The van der Waals surface area contributed by atoms with E-state index in [1.165, 1.54) is 0 Å². The van der Waals surface area contributed by atoms with Crippen molar-refractivity contribution in [2.24, 2.45) is 0 Å². The fourth-order valence-electron chi connectivity index (χ4n) is 4.91. The van der Waals surface area contributed by atoms with Crippen LogP contribution in [-0.4, -0.2) is 41.5 Å². The normalized spacial score (nSPS) is 13.8. The van der Waals surface area contributed by atoms with E-state index >= 15 is 0 Å². The summed E-state index contributed by atoms with van der Waals surface area (Å²) < 4.78 is 18.5. The van der Waals surface area contributed by atoms with Crippen molar-refractivity contribution in [2.45, 2.75) is 47.5 Å². The minimum atomic E-state index is -0.760. The van der Waals surface area contributed by atoms with Gasteiger partial charge in [-0.2, -0.15) is 5.10 Å². The van der Waals surface area contributed by atoms with Gasteiger partial charge in [0, 0.05) is 28.7 Å². The molecule has 1 aliphatic heterocycles. The zero-order valence-electron chi connectivity index (χ0n) is 23.3. The van der Waals surface area contributed by atoms with Gasteiger partial charge in [-0.25, -0.2) is 14.3 Å². The summed E-state index contributed by atoms with van der Waals surface area (Å²) in [5.41, 5.74) is 5.89. The number of benzene rings is 2. The number of para-hydroxylation sites is 1. The lowest BCUT2D eigenvalue weighted by molar-refractivity contribution is -0.139. The molecule has 0 radical (unpaired) electrons. The molecule has 8 heteroatoms. The van der Waals surface area contributed by atoms with E-state index in [0.29, 0.717) is 40.4 Å². The number of hydrogen-bond donors (Lipinski definition) is 1. The van der Waals surface area contributed by atoms with E-state index in [1.807, 2.05) is 82.4 Å². The Bertz CT molecular complexity index is 1400. The number of nitrogens with one attached hydrogen (secondary N) is 1. The summed E-state index contributed by atoms with van der Waals surface area (Å²) in [6.07, 6.45) is 1.88. The number of allylic oxidation sites excluding steroid dienone is 2. The molecule has 1 aliphatic rings. The molecule has 1 aromatic heterocycles. The highest BCUT2D eigenvalue weighted by Crippen LogP contribution is 2.43. The molecule has 4 rings (SSSR count). The predicted octanol–water partition coefficient (Wildman–Crippen LogP) is 5.61. The van der Waals surface area contributed by atoms with Crippen LogP contribution in [0.2, 0.25) is 0 Å². The number of ether oxygens (including phenoxy) is 3. The molecular formula is C31H35N3O5. The molecule has 8 nitrogen and oxygen atoms in total. The number of carbonyl (C=O) groups is 2. The number of carbonyl (C=O) groups excluding carboxylic acids is 2. The number of aryl methyl sites for hydroxylation is 1. The lowest BCUT2D eigenvalue weighted by Crippen LogP contribution is -2.32. The monoisotopic (exact) mass is 529 g/mol. The van der Waals surface area contributed by atoms with E-state index in [4.69, 9.17) is 19.3 Å². The summed E-state index contributed by atoms with van der Waals surface area (Å²) >= 11 is 0. The van der Waals surface area contributed by atoms with Gasteiger partial charge in [-0.3, -0.25) is 0 Å². The minimum Gasteiger partial charge on any atom is -0.494 e. The van der Waals surface area contributed by atoms with Crippen LogP contribution in [0.4, 0.5) is 0 Å². The maximum absolute atomic E-state index is 13.4. The average molecular weight is 530 g/mol. The second-order valence-corrected chi connectivity index (χ2v) is 9.20. The van der Waals surface area contributed by atoms with Crippen molar-refractivity contribution in [3.8, 4) is 22.7 Å². The molecule has 0 saturated carbocycles. The van der Waals surface area contributed by atoms with Crippen molar-refractivity contribution < 1.29 is 23.8 Å². The molecule has 0 amide bonds. The number of rotatable bonds is 9. The highest BCUT2D eigenvalue weighted by molar-refractivity contribution is 6.00. The van der Waals surface area contributed by atoms with E-state index in [9.17, 15) is 9.59 Å². The molecule has 2 aromatic carbocycles. The van der Waals surface area contributed by atoms with Crippen LogP contribution in [0.15, 0.2) is 77.3 Å². The Hall–Kier alpha value is -4.33. The first-order valence-electron chi connectivity index (χ1n) is 13.2. The summed E-state index contributed by atoms with van der Waals surface area (Å²) in [4.78, 5) is 26.8. The molecule has 2 heterocycles. The van der Waals surface area contributed by atoms with Gasteiger partial charge in [-0.15, -0.1) is 0 Å². The van der Waals surface area contributed by atoms with E-state index in [0.717, 1.165) is 22.6 Å². The maximum Gasteiger partial charge on any atom is 0.336 e. The Kier molecular flexibility index (Phi) is 8.54. The predicted molar refractivity (Wildman–Crippen MR) is 149 cm³/mol. The molecule has 0 spiro atoms. The van der Waals surface area contributed by atoms with Crippen LogP contribution >= 0.6 is 0 Å². The molecule has 39 heavy (non-hydrogen) atoms. The number of aromatic nitrogens is 2. The lowest BCUT2D eigenvalue weighted by Gasteiger charge is -2.30. The summed E-state index contributed by atoms with van der Waals surface area (Å²) in [6, 6.07) is 15.6. The van der Waals surface area contributed by atoms with Crippen LogP contribution in [0.25, 0.3) is 16.9 Å². The SMILES string of the molecule is CCOC(=O)C1=C(C)NC(C)=C(C(=O)OCC)C1c1cn(-c2ccccc2)nc1-c1ccc(OCC)c(C)c1. The highest BCUT2D eigenvalue weighted by Gasteiger charge is 2.40. The summed E-state index contributed by atoms with van der Waals surface area (Å²) in [5.74, 6) is -0.965. The first-order chi connectivity index (χ1) is 18.8. The van der Waals surface area contributed by atoms with E-state index in [-0.39, 0.29) is 13.2 Å². The van der Waals surface area contributed by atoms with Crippen molar-refractivity contribution in [1.29, 1.82) is 0 Å². The van der Waals surface area contributed by atoms with Crippen molar-refractivity contribution in [3.63, 3.8) is 0 Å². The average Bonchev–Trinajstić information content (AvgIpc) is 3.35. The Morgan fingerprint density at radius 3 is 2.03 bits per heavy atom. The lowest BCUT2D eigenvalue weighted by atomic mass is 9.79. The van der Waals surface area contributed by atoms with E-state index in [2.05, 4.69) is 5.32 Å². The number of nitrogens with zero attached hydrogens (tertiary/aromatic N) is 2. The van der Waals surface area contributed by atoms with E-state index in [1.54, 1.807) is 18.5 Å². The zero-order chi connectivity index (χ0) is 28.1. The Balaban J connectivity index is 2.01. The highest BCUT2D eigenvalue weighted by atomic mass is 16.5. The van der Waals surface area contributed by atoms with Crippen molar-refractivity contribution >= 4 is 11.9 Å². The molecule has 0 bridgehead atoms. The summed E-state index contributed by atoms with van der Waals surface area (Å²) in [5, 5.41) is 8.18. The molecule has 204 valence electrons. The first-order valence-corrected chi connectivity index (χ1v) is 13.2. The van der Waals surface area contributed by atoms with Crippen LogP contribution in [0.1, 0.15) is 51.7 Å². The van der Waals surface area contributed by atoms with Gasteiger partial charge in [-0.1, -0.05) is 18.2 Å². The van der Waals surface area contributed by atoms with Gasteiger partial charge in [-0.05, 0) is 77.4 Å². The Labute approximate surface area is 229 Å². The quantitative estimate of drug-likeness (QED) is 0.360. The first kappa shape index (κ1) is 27.7. The number of esters is 2. The Morgan fingerprint density at radius 2 is 1.49 bits per heavy atom. The van der Waals surface area contributed by atoms with Gasteiger partial charge in [0.2, 0.25) is 0 Å². The van der Waals surface area contributed by atoms with Gasteiger partial charge in [0.25, 0.3) is 0 Å². The van der Waals surface area contributed by atoms with Crippen LogP contribution in [-0.2, 0) is 19.1 Å². The summed E-state index contributed by atoms with van der Waals surface area (Å²) in [6.45, 7) is 12.0. The largest absolute Gasteiger partial charge is 0.494 e. The Morgan fingerprint density at radius 1 is 0.872 bits per heavy atom. The molecule has 0 aliphatic carbocycles. The molecule has 0 unspecified atom stereocenters. The van der Waals surface area contributed by atoms with Gasteiger partial charge < -0.3 is 19.5 Å². The van der Waals surface area contributed by atoms with Crippen LogP contribution in [0.5, 0.6) is 5.75 Å². The number of hydrogen-bond acceptors (Lipinski definition) is 7. The van der Waals surface area contributed by atoms with Crippen molar-refractivity contribution in [2.75, 3.05) is 19.8 Å². The zero-order valence-corrected chi connectivity index (χ0v) is 23.3. The van der Waals surface area contributed by atoms with Crippen molar-refractivity contribution in [1.82, 2.24) is 15.1 Å². The third-order valence-electron chi connectivity index (χ3n) is 6.57. The van der Waals surface area contributed by atoms with Crippen LogP contribution in [0, 0.1) is 6.92 Å². The molecule has 0 saturated heterocycles. The third-order valence-corrected chi connectivity index (χ3v) is 6.57.